The molecule has 0 radical (unpaired) electrons. The zero-order chi connectivity index (χ0) is 27.0. The molecule has 9 nitrogen and oxygen atoms in total. The van der Waals surface area contributed by atoms with E-state index >= 15 is 0 Å². The number of aromatic nitrogens is 4. The van der Waals surface area contributed by atoms with Crippen LogP contribution in [0, 0.1) is 46.3 Å². The first-order chi connectivity index (χ1) is 18.8. The Kier molecular flexibility index (Phi) is 7.29. The lowest BCUT2D eigenvalue weighted by Gasteiger charge is -2.56. The minimum absolute atomic E-state index is 0.00625. The maximum atomic E-state index is 12.0. The number of carbonyl (C=O) groups excluding carboxylic acids is 1. The van der Waals surface area contributed by atoms with Gasteiger partial charge in [-0.1, -0.05) is 0 Å². The van der Waals surface area contributed by atoms with Gasteiger partial charge >= 0.3 is 5.97 Å². The van der Waals surface area contributed by atoms with Crippen molar-refractivity contribution in [1.29, 1.82) is 0 Å². The maximum absolute atomic E-state index is 12.0. The number of amides is 1. The van der Waals surface area contributed by atoms with Crippen LogP contribution in [0.1, 0.15) is 98.0 Å². The molecule has 0 aromatic carbocycles. The van der Waals surface area contributed by atoms with Crippen LogP contribution in [0.25, 0.3) is 0 Å². The first-order valence-corrected chi connectivity index (χ1v) is 15.0. The van der Waals surface area contributed by atoms with Gasteiger partial charge in [0.15, 0.2) is 0 Å². The third-order valence-corrected chi connectivity index (χ3v) is 10.9. The van der Waals surface area contributed by atoms with Gasteiger partial charge in [0.1, 0.15) is 11.4 Å². The minimum Gasteiger partial charge on any atom is -0.477 e. The number of carbonyl (C=O) groups is 2. The average molecular weight is 537 g/mol. The van der Waals surface area contributed by atoms with Gasteiger partial charge in [-0.15, -0.1) is 0 Å². The lowest BCUT2D eigenvalue weighted by Crippen LogP contribution is -2.51. The van der Waals surface area contributed by atoms with Crippen molar-refractivity contribution in [1.82, 2.24) is 25.7 Å². The van der Waals surface area contributed by atoms with Gasteiger partial charge in [0.2, 0.25) is 0 Å². The Bertz CT molecular complexity index is 1060. The number of nitrogens with zero attached hydrogens (tertiary/aromatic N) is 2. The molecule has 2 aromatic rings. The number of hydrogen-bond acceptors (Lipinski definition) is 5. The Morgan fingerprint density at radius 3 is 1.51 bits per heavy atom. The van der Waals surface area contributed by atoms with Crippen molar-refractivity contribution >= 4 is 11.9 Å². The predicted molar refractivity (Wildman–Crippen MR) is 147 cm³/mol. The van der Waals surface area contributed by atoms with Gasteiger partial charge in [-0.05, 0) is 142 Å². The number of carboxylic acids is 1. The summed E-state index contributed by atoms with van der Waals surface area (Å²) in [4.78, 5) is 22.0. The molecule has 0 spiro atoms. The molecule has 8 fully saturated rings. The fraction of sp³-hybridized carbons (Fsp3) is 0.733. The average Bonchev–Trinajstić information content (AvgIpc) is 3.62. The zero-order valence-electron chi connectivity index (χ0n) is 22.9. The highest BCUT2D eigenvalue weighted by molar-refractivity contribution is 5.92. The van der Waals surface area contributed by atoms with E-state index in [0.717, 1.165) is 48.6 Å². The highest BCUT2D eigenvalue weighted by atomic mass is 16.4. The summed E-state index contributed by atoms with van der Waals surface area (Å²) in [7, 11) is 0. The van der Waals surface area contributed by atoms with E-state index in [2.05, 4.69) is 25.7 Å². The van der Waals surface area contributed by atoms with Crippen LogP contribution in [0.5, 0.6) is 0 Å². The summed E-state index contributed by atoms with van der Waals surface area (Å²) in [6.07, 6.45) is 20.4. The van der Waals surface area contributed by atoms with E-state index in [1.54, 1.807) is 12.3 Å². The van der Waals surface area contributed by atoms with Gasteiger partial charge in [-0.2, -0.15) is 10.2 Å². The highest BCUT2D eigenvalue weighted by Crippen LogP contribution is 2.60. The monoisotopic (exact) mass is 536 g/mol. The summed E-state index contributed by atoms with van der Waals surface area (Å²) in [5.74, 6) is 5.04. The molecule has 0 aliphatic heterocycles. The van der Waals surface area contributed by atoms with E-state index in [1.165, 1.54) is 89.3 Å². The maximum Gasteiger partial charge on any atom is 0.353 e. The molecule has 10 rings (SSSR count). The van der Waals surface area contributed by atoms with E-state index in [-0.39, 0.29) is 11.6 Å². The molecular weight excluding hydrogens is 492 g/mol. The number of H-pyrrole nitrogens is 2. The summed E-state index contributed by atoms with van der Waals surface area (Å²) in [6, 6.07) is 3.12. The zero-order valence-corrected chi connectivity index (χ0v) is 22.9. The number of nitrogens with one attached hydrogen (secondary N) is 3. The molecule has 0 unspecified atom stereocenters. The molecule has 6 N–H and O–H groups in total. The van der Waals surface area contributed by atoms with Crippen LogP contribution in [-0.2, 0) is 0 Å². The normalized spacial score (nSPS) is 38.4. The fourth-order valence-electron chi connectivity index (χ4n) is 10.2. The molecule has 1 amide bonds. The summed E-state index contributed by atoms with van der Waals surface area (Å²) in [6.45, 7) is 1.82. The Labute approximate surface area is 230 Å². The Morgan fingerprint density at radius 2 is 1.18 bits per heavy atom. The minimum atomic E-state index is -0.984. The van der Waals surface area contributed by atoms with Gasteiger partial charge in [-0.3, -0.25) is 15.0 Å². The Balaban J connectivity index is 0.000000118. The number of aromatic amines is 2. The van der Waals surface area contributed by atoms with Crippen LogP contribution in [0.15, 0.2) is 24.5 Å². The van der Waals surface area contributed by atoms with E-state index < -0.39 is 5.97 Å². The van der Waals surface area contributed by atoms with E-state index in [1.807, 2.05) is 0 Å². The van der Waals surface area contributed by atoms with Gasteiger partial charge in [0.05, 0.1) is 0 Å². The van der Waals surface area contributed by atoms with Crippen LogP contribution in [-0.4, -0.2) is 50.5 Å². The van der Waals surface area contributed by atoms with Crippen molar-refractivity contribution in [3.63, 3.8) is 0 Å². The van der Waals surface area contributed by atoms with Crippen LogP contribution < -0.4 is 11.1 Å². The molecule has 212 valence electrons. The molecule has 0 atom stereocenters. The first kappa shape index (κ1) is 26.5. The van der Waals surface area contributed by atoms with Crippen LogP contribution in [0.3, 0.4) is 0 Å². The molecule has 9 heteroatoms. The Morgan fingerprint density at radius 1 is 0.769 bits per heavy atom. The number of aromatic carboxylic acids is 1. The van der Waals surface area contributed by atoms with Gasteiger partial charge in [-0.25, -0.2) is 4.79 Å². The lowest BCUT2D eigenvalue weighted by molar-refractivity contribution is -0.0503. The second-order valence-corrected chi connectivity index (χ2v) is 14.0. The fourth-order valence-corrected chi connectivity index (χ4v) is 10.2. The molecule has 0 saturated heterocycles. The Hall–Kier alpha value is -2.68. The highest BCUT2D eigenvalue weighted by Gasteiger charge is 2.51. The van der Waals surface area contributed by atoms with Crippen molar-refractivity contribution in [3.05, 3.63) is 35.9 Å². The summed E-state index contributed by atoms with van der Waals surface area (Å²) >= 11 is 0. The van der Waals surface area contributed by atoms with Crippen molar-refractivity contribution in [2.24, 2.45) is 52.1 Å². The quantitative estimate of drug-likeness (QED) is 0.376. The van der Waals surface area contributed by atoms with Crippen molar-refractivity contribution in [2.75, 3.05) is 13.1 Å². The summed E-state index contributed by atoms with van der Waals surface area (Å²) in [5.41, 5.74) is 7.64. The van der Waals surface area contributed by atoms with Crippen LogP contribution >= 0.6 is 0 Å². The molecule has 2 heterocycles. The predicted octanol–water partition coefficient (Wildman–Crippen LogP) is 4.63. The van der Waals surface area contributed by atoms with Crippen LogP contribution in [0.4, 0.5) is 0 Å². The number of carboxylic acid groups (broad SMARTS) is 1. The largest absolute Gasteiger partial charge is 0.477 e. The second kappa shape index (κ2) is 10.7. The molecule has 39 heavy (non-hydrogen) atoms. The van der Waals surface area contributed by atoms with E-state index in [0.29, 0.717) is 16.5 Å². The number of hydrogen-bond donors (Lipinski definition) is 5. The third kappa shape index (κ3) is 5.79. The molecule has 8 aliphatic rings. The van der Waals surface area contributed by atoms with E-state index in [4.69, 9.17) is 10.8 Å². The molecular formula is C30H44N6O3. The number of rotatable bonds is 5. The van der Waals surface area contributed by atoms with Gasteiger partial charge < -0.3 is 16.2 Å². The molecule has 8 aliphatic carbocycles. The third-order valence-electron chi connectivity index (χ3n) is 10.9. The van der Waals surface area contributed by atoms with Gasteiger partial charge in [0.25, 0.3) is 5.91 Å². The van der Waals surface area contributed by atoms with Crippen LogP contribution in [0.2, 0.25) is 0 Å². The summed E-state index contributed by atoms with van der Waals surface area (Å²) in [5, 5.41) is 23.6. The van der Waals surface area contributed by atoms with E-state index in [9.17, 15) is 9.59 Å². The molecule has 8 bridgehead atoms. The lowest BCUT2D eigenvalue weighted by atomic mass is 9.49. The van der Waals surface area contributed by atoms with Crippen molar-refractivity contribution < 1.29 is 14.7 Å². The first-order valence-electron chi connectivity index (χ1n) is 15.0. The van der Waals surface area contributed by atoms with Crippen molar-refractivity contribution in [2.45, 2.75) is 77.0 Å². The molecule has 2 aromatic heterocycles. The summed E-state index contributed by atoms with van der Waals surface area (Å²) < 4.78 is 0. The van der Waals surface area contributed by atoms with Crippen molar-refractivity contribution in [3.8, 4) is 0 Å². The molecule has 8 saturated carbocycles. The smallest absolute Gasteiger partial charge is 0.353 e. The van der Waals surface area contributed by atoms with Gasteiger partial charge in [0, 0.05) is 18.9 Å². The second-order valence-electron chi connectivity index (χ2n) is 14.0. The number of nitrogens with two attached hydrogens (primary N) is 1. The standard InChI is InChI=1S/C15H21N3O.C11H19N.C4H4N2O2/c19-14(13-1-2-17-18-13)16-9-15-6-10-3-11(7-15)5-12(4-10)8-15;12-7-11-4-8-1-9(5-11)3-10(2-8)6-11;7-4(8)3-1-2-5-6-3/h1-2,10-12H,3-9H2,(H,16,19)(H,17,18);8-10H,1-7,12H2;1-2H,(H,5,6)(H,7,8). The topological polar surface area (TPSA) is 150 Å². The SMILES string of the molecule is NCC12CC3CC(CC(C3)C1)C2.O=C(NCC12CC3CC(CC(C3)C1)C2)c1ccn[nH]1.O=C(O)c1ccn[nH]1.